The van der Waals surface area contributed by atoms with Crippen LogP contribution in [0.4, 0.5) is 0 Å². The summed E-state index contributed by atoms with van der Waals surface area (Å²) >= 11 is 0. The molecule has 3 unspecified atom stereocenters. The van der Waals surface area contributed by atoms with Crippen molar-refractivity contribution in [1.82, 2.24) is 15.5 Å². The summed E-state index contributed by atoms with van der Waals surface area (Å²) in [5, 5.41) is 7.48. The third kappa shape index (κ3) is 5.05. The normalized spacial score (nSPS) is 31.3. The van der Waals surface area contributed by atoms with Gasteiger partial charge in [0, 0.05) is 24.7 Å². The van der Waals surface area contributed by atoms with Gasteiger partial charge in [0.05, 0.1) is 0 Å². The zero-order valence-electron chi connectivity index (χ0n) is 13.0. The molecule has 19 heavy (non-hydrogen) atoms. The van der Waals surface area contributed by atoms with Gasteiger partial charge in [-0.15, -0.1) is 0 Å². The first-order chi connectivity index (χ1) is 9.29. The monoisotopic (exact) mass is 267 g/mol. The van der Waals surface area contributed by atoms with E-state index in [0.29, 0.717) is 6.04 Å². The fourth-order valence-corrected chi connectivity index (χ4v) is 3.69. The number of nitrogens with zero attached hydrogens (tertiary/aromatic N) is 1. The minimum absolute atomic E-state index is 0.648. The van der Waals surface area contributed by atoms with Gasteiger partial charge in [0.25, 0.3) is 0 Å². The number of rotatable bonds is 6. The molecule has 0 aromatic rings. The van der Waals surface area contributed by atoms with E-state index < -0.39 is 0 Å². The maximum atomic E-state index is 3.77. The highest BCUT2D eigenvalue weighted by Crippen LogP contribution is 2.16. The van der Waals surface area contributed by atoms with E-state index in [0.717, 1.165) is 12.1 Å². The molecule has 0 radical (unpaired) electrons. The van der Waals surface area contributed by atoms with Crippen molar-refractivity contribution in [3.8, 4) is 0 Å². The van der Waals surface area contributed by atoms with Gasteiger partial charge in [-0.25, -0.2) is 0 Å². The summed E-state index contributed by atoms with van der Waals surface area (Å²) in [6, 6.07) is 2.18. The number of likely N-dealkylation sites (N-methyl/N-ethyl adjacent to an activating group) is 1. The molecule has 0 amide bonds. The van der Waals surface area contributed by atoms with Crippen LogP contribution in [0.1, 0.15) is 58.8 Å². The van der Waals surface area contributed by atoms with Crippen LogP contribution in [0.5, 0.6) is 0 Å². The zero-order chi connectivity index (χ0) is 13.5. The molecule has 2 N–H and O–H groups in total. The molecule has 3 nitrogen and oxygen atoms in total. The first-order valence-electron chi connectivity index (χ1n) is 8.50. The maximum Gasteiger partial charge on any atom is 0.0221 e. The van der Waals surface area contributed by atoms with Gasteiger partial charge < -0.3 is 10.6 Å². The van der Waals surface area contributed by atoms with Gasteiger partial charge in [-0.05, 0) is 58.7 Å². The van der Waals surface area contributed by atoms with Crippen LogP contribution in [0.25, 0.3) is 0 Å². The van der Waals surface area contributed by atoms with Crippen LogP contribution in [0, 0.1) is 0 Å². The fraction of sp³-hybridized carbons (Fsp3) is 1.00. The number of likely N-dealkylation sites (tertiary alicyclic amines) is 1. The Morgan fingerprint density at radius 3 is 2.95 bits per heavy atom. The molecule has 2 fully saturated rings. The summed E-state index contributed by atoms with van der Waals surface area (Å²) in [7, 11) is 0. The minimum Gasteiger partial charge on any atom is -0.314 e. The van der Waals surface area contributed by atoms with Gasteiger partial charge in [-0.3, -0.25) is 4.90 Å². The smallest absolute Gasteiger partial charge is 0.0221 e. The Kier molecular flexibility index (Phi) is 6.62. The molecule has 2 saturated heterocycles. The van der Waals surface area contributed by atoms with Gasteiger partial charge >= 0.3 is 0 Å². The quantitative estimate of drug-likeness (QED) is 0.774. The summed E-state index contributed by atoms with van der Waals surface area (Å²) in [4.78, 5) is 2.63. The Labute approximate surface area is 119 Å². The standard InChI is InChI=1S/C16H33N3/c1-3-19-11-7-9-16(19)13-18-14(2)12-15-8-5-4-6-10-17-15/h14-18H,3-13H2,1-2H3. The number of nitrogens with one attached hydrogen (secondary N) is 2. The lowest BCUT2D eigenvalue weighted by Gasteiger charge is -2.26. The number of hydrogen-bond acceptors (Lipinski definition) is 3. The van der Waals surface area contributed by atoms with E-state index in [1.165, 1.54) is 71.1 Å². The van der Waals surface area contributed by atoms with Gasteiger partial charge in [-0.1, -0.05) is 19.8 Å². The van der Waals surface area contributed by atoms with Crippen LogP contribution in [-0.2, 0) is 0 Å². The first-order valence-corrected chi connectivity index (χ1v) is 8.50. The zero-order valence-corrected chi connectivity index (χ0v) is 13.0. The van der Waals surface area contributed by atoms with Crippen LogP contribution in [0.2, 0.25) is 0 Å². The van der Waals surface area contributed by atoms with Gasteiger partial charge in [0.1, 0.15) is 0 Å². The molecule has 2 aliphatic heterocycles. The Morgan fingerprint density at radius 1 is 1.21 bits per heavy atom. The van der Waals surface area contributed by atoms with E-state index in [-0.39, 0.29) is 0 Å². The van der Waals surface area contributed by atoms with Crippen molar-refractivity contribution in [2.24, 2.45) is 0 Å². The lowest BCUT2D eigenvalue weighted by Crippen LogP contribution is -2.43. The van der Waals surface area contributed by atoms with E-state index in [2.05, 4.69) is 29.4 Å². The molecule has 0 saturated carbocycles. The second-order valence-electron chi connectivity index (χ2n) is 6.47. The molecule has 3 heteroatoms. The van der Waals surface area contributed by atoms with Gasteiger partial charge in [0.15, 0.2) is 0 Å². The van der Waals surface area contributed by atoms with Crippen molar-refractivity contribution in [2.75, 3.05) is 26.2 Å². The summed E-state index contributed by atoms with van der Waals surface area (Å²) < 4.78 is 0. The lowest BCUT2D eigenvalue weighted by atomic mass is 10.0. The molecule has 112 valence electrons. The molecular formula is C16H33N3. The molecular weight excluding hydrogens is 234 g/mol. The van der Waals surface area contributed by atoms with Crippen molar-refractivity contribution >= 4 is 0 Å². The second-order valence-corrected chi connectivity index (χ2v) is 6.47. The summed E-state index contributed by atoms with van der Waals surface area (Å²) in [5.41, 5.74) is 0. The van der Waals surface area contributed by atoms with Crippen molar-refractivity contribution in [3.63, 3.8) is 0 Å². The molecule has 0 aliphatic carbocycles. The van der Waals surface area contributed by atoms with Crippen LogP contribution >= 0.6 is 0 Å². The van der Waals surface area contributed by atoms with E-state index in [1.807, 2.05) is 0 Å². The van der Waals surface area contributed by atoms with E-state index in [4.69, 9.17) is 0 Å². The van der Waals surface area contributed by atoms with E-state index >= 15 is 0 Å². The Morgan fingerprint density at radius 2 is 2.11 bits per heavy atom. The predicted molar refractivity (Wildman–Crippen MR) is 82.6 cm³/mol. The molecule has 0 aromatic carbocycles. The topological polar surface area (TPSA) is 27.3 Å². The molecule has 2 heterocycles. The summed E-state index contributed by atoms with van der Waals surface area (Å²) in [6.07, 6.45) is 9.63. The highest BCUT2D eigenvalue weighted by molar-refractivity contribution is 4.82. The molecule has 0 bridgehead atoms. The second kappa shape index (κ2) is 8.23. The minimum atomic E-state index is 0.648. The third-order valence-electron chi connectivity index (χ3n) is 4.91. The lowest BCUT2D eigenvalue weighted by molar-refractivity contribution is 0.251. The predicted octanol–water partition coefficient (Wildman–Crippen LogP) is 2.37. The Hall–Kier alpha value is -0.120. The van der Waals surface area contributed by atoms with Crippen molar-refractivity contribution < 1.29 is 0 Å². The first kappa shape index (κ1) is 15.3. The highest BCUT2D eigenvalue weighted by atomic mass is 15.2. The molecule has 3 atom stereocenters. The fourth-order valence-electron chi connectivity index (χ4n) is 3.69. The van der Waals surface area contributed by atoms with Crippen LogP contribution < -0.4 is 10.6 Å². The number of hydrogen-bond donors (Lipinski definition) is 2. The molecule has 2 aliphatic rings. The average Bonchev–Trinajstić information content (AvgIpc) is 2.72. The maximum absolute atomic E-state index is 3.77. The third-order valence-corrected chi connectivity index (χ3v) is 4.91. The Bertz CT molecular complexity index is 236. The van der Waals surface area contributed by atoms with Crippen molar-refractivity contribution in [3.05, 3.63) is 0 Å². The SMILES string of the molecule is CCN1CCCC1CNC(C)CC1CCCCCN1. The Balaban J connectivity index is 1.64. The average molecular weight is 267 g/mol. The van der Waals surface area contributed by atoms with E-state index in [1.54, 1.807) is 0 Å². The van der Waals surface area contributed by atoms with Crippen molar-refractivity contribution in [2.45, 2.75) is 76.9 Å². The molecule has 0 spiro atoms. The largest absolute Gasteiger partial charge is 0.314 e. The highest BCUT2D eigenvalue weighted by Gasteiger charge is 2.23. The molecule has 0 aromatic heterocycles. The summed E-state index contributed by atoms with van der Waals surface area (Å²) in [6.45, 7) is 9.58. The summed E-state index contributed by atoms with van der Waals surface area (Å²) in [5.74, 6) is 0. The van der Waals surface area contributed by atoms with Gasteiger partial charge in [0.2, 0.25) is 0 Å². The van der Waals surface area contributed by atoms with Crippen LogP contribution in [0.3, 0.4) is 0 Å². The molecule has 2 rings (SSSR count). The van der Waals surface area contributed by atoms with Crippen LogP contribution in [0.15, 0.2) is 0 Å². The van der Waals surface area contributed by atoms with E-state index in [9.17, 15) is 0 Å². The van der Waals surface area contributed by atoms with Crippen molar-refractivity contribution in [1.29, 1.82) is 0 Å². The van der Waals surface area contributed by atoms with Crippen LogP contribution in [-0.4, -0.2) is 49.2 Å². The van der Waals surface area contributed by atoms with Gasteiger partial charge in [-0.2, -0.15) is 0 Å².